The van der Waals surface area contributed by atoms with Gasteiger partial charge in [-0.3, -0.25) is 0 Å². The van der Waals surface area contributed by atoms with Crippen molar-refractivity contribution in [3.05, 3.63) is 65.7 Å². The lowest BCUT2D eigenvalue weighted by molar-refractivity contribution is 0.281. The molecule has 0 fully saturated rings. The van der Waals surface area contributed by atoms with Gasteiger partial charge in [-0.25, -0.2) is 4.98 Å². The van der Waals surface area contributed by atoms with Crippen molar-refractivity contribution >= 4 is 10.9 Å². The van der Waals surface area contributed by atoms with Crippen molar-refractivity contribution in [1.29, 1.82) is 0 Å². The zero-order chi connectivity index (χ0) is 14.7. The van der Waals surface area contributed by atoms with Crippen LogP contribution in [0.5, 0.6) is 11.6 Å². The van der Waals surface area contributed by atoms with E-state index >= 15 is 0 Å². The fourth-order valence-corrected chi connectivity index (χ4v) is 2.19. The molecule has 1 heterocycles. The molecule has 0 aliphatic carbocycles. The monoisotopic (exact) mass is 281 g/mol. The topological polar surface area (TPSA) is 62.6 Å². The van der Waals surface area contributed by atoms with Crippen LogP contribution in [0.2, 0.25) is 0 Å². The zero-order valence-electron chi connectivity index (χ0n) is 11.4. The summed E-state index contributed by atoms with van der Waals surface area (Å²) in [7, 11) is 0. The third-order valence-corrected chi connectivity index (χ3v) is 3.28. The first-order valence-corrected chi connectivity index (χ1v) is 6.67. The number of benzene rings is 2. The van der Waals surface area contributed by atoms with Crippen molar-refractivity contribution in [2.75, 3.05) is 0 Å². The van der Waals surface area contributed by atoms with Crippen molar-refractivity contribution in [3.8, 4) is 11.6 Å². The minimum absolute atomic E-state index is 0.00314. The van der Waals surface area contributed by atoms with E-state index in [4.69, 9.17) is 9.84 Å². The molecule has 2 N–H and O–H groups in total. The largest absolute Gasteiger partial charge is 0.439 e. The number of rotatable bonds is 4. The summed E-state index contributed by atoms with van der Waals surface area (Å²) in [4.78, 5) is 4.44. The second kappa shape index (κ2) is 5.91. The molecule has 0 aliphatic heterocycles. The Bertz CT molecular complexity index is 754. The number of hydrogen-bond acceptors (Lipinski definition) is 4. The lowest BCUT2D eigenvalue weighted by Gasteiger charge is -2.09. The summed E-state index contributed by atoms with van der Waals surface area (Å²) < 4.78 is 5.72. The lowest BCUT2D eigenvalue weighted by atomic mass is 10.1. The molecule has 3 rings (SSSR count). The van der Waals surface area contributed by atoms with Crippen LogP contribution in [0.1, 0.15) is 11.1 Å². The summed E-state index contributed by atoms with van der Waals surface area (Å²) in [5, 5.41) is 19.4. The Kier molecular flexibility index (Phi) is 3.81. The minimum atomic E-state index is -0.0666. The van der Waals surface area contributed by atoms with Gasteiger partial charge in [-0.15, -0.1) is 0 Å². The van der Waals surface area contributed by atoms with Crippen molar-refractivity contribution < 1.29 is 14.9 Å². The van der Waals surface area contributed by atoms with Gasteiger partial charge in [0.25, 0.3) is 0 Å². The van der Waals surface area contributed by atoms with Crippen LogP contribution < -0.4 is 4.74 Å². The highest BCUT2D eigenvalue weighted by Gasteiger charge is 2.06. The molecule has 0 saturated carbocycles. The first-order valence-electron chi connectivity index (χ1n) is 6.67. The van der Waals surface area contributed by atoms with E-state index in [2.05, 4.69) is 4.98 Å². The fourth-order valence-electron chi connectivity index (χ4n) is 2.19. The highest BCUT2D eigenvalue weighted by molar-refractivity contribution is 5.82. The molecule has 0 spiro atoms. The minimum Gasteiger partial charge on any atom is -0.439 e. The first-order chi connectivity index (χ1) is 10.3. The molecule has 3 aromatic rings. The maximum atomic E-state index is 9.48. The Morgan fingerprint density at radius 1 is 0.905 bits per heavy atom. The van der Waals surface area contributed by atoms with Crippen molar-refractivity contribution in [2.45, 2.75) is 13.2 Å². The molecule has 2 aromatic carbocycles. The van der Waals surface area contributed by atoms with Gasteiger partial charge in [-0.2, -0.15) is 0 Å². The van der Waals surface area contributed by atoms with E-state index in [1.54, 1.807) is 30.3 Å². The third-order valence-electron chi connectivity index (χ3n) is 3.28. The van der Waals surface area contributed by atoms with Crippen molar-refractivity contribution in [1.82, 2.24) is 4.98 Å². The lowest BCUT2D eigenvalue weighted by Crippen LogP contribution is -1.94. The number of aliphatic hydroxyl groups is 2. The molecular formula is C17H15NO3. The number of ether oxygens (including phenoxy) is 1. The van der Waals surface area contributed by atoms with Gasteiger partial charge in [0.1, 0.15) is 5.75 Å². The zero-order valence-corrected chi connectivity index (χ0v) is 11.4. The van der Waals surface area contributed by atoms with Gasteiger partial charge in [0.15, 0.2) is 0 Å². The van der Waals surface area contributed by atoms with Crippen LogP contribution >= 0.6 is 0 Å². The van der Waals surface area contributed by atoms with Gasteiger partial charge < -0.3 is 14.9 Å². The quantitative estimate of drug-likeness (QED) is 0.771. The van der Waals surface area contributed by atoms with Crippen LogP contribution in [-0.2, 0) is 13.2 Å². The maximum Gasteiger partial charge on any atom is 0.220 e. The average Bonchev–Trinajstić information content (AvgIpc) is 2.55. The predicted octanol–water partition coefficient (Wildman–Crippen LogP) is 3.01. The van der Waals surface area contributed by atoms with Crippen LogP contribution in [-0.4, -0.2) is 15.2 Å². The molecule has 1 aromatic heterocycles. The summed E-state index contributed by atoms with van der Waals surface area (Å²) in [6.45, 7) is -0.0635. The molecule has 106 valence electrons. The normalized spacial score (nSPS) is 10.8. The van der Waals surface area contributed by atoms with E-state index in [1.165, 1.54) is 0 Å². The second-order valence-electron chi connectivity index (χ2n) is 4.70. The van der Waals surface area contributed by atoms with Gasteiger partial charge >= 0.3 is 0 Å². The van der Waals surface area contributed by atoms with Crippen LogP contribution in [0.4, 0.5) is 0 Å². The first kappa shape index (κ1) is 13.5. The predicted molar refractivity (Wildman–Crippen MR) is 80.1 cm³/mol. The van der Waals surface area contributed by atoms with Gasteiger partial charge in [-0.1, -0.05) is 30.3 Å². The fraction of sp³-hybridized carbons (Fsp3) is 0.118. The molecule has 4 heteroatoms. The summed E-state index contributed by atoms with van der Waals surface area (Å²) >= 11 is 0. The summed E-state index contributed by atoms with van der Waals surface area (Å²) in [6.07, 6.45) is 0. The number of fused-ring (bicyclic) bond motifs is 1. The number of aromatic nitrogens is 1. The second-order valence-corrected chi connectivity index (χ2v) is 4.70. The number of nitrogens with zero attached hydrogens (tertiary/aromatic N) is 1. The van der Waals surface area contributed by atoms with Gasteiger partial charge in [0.05, 0.1) is 18.7 Å². The van der Waals surface area contributed by atoms with E-state index in [0.717, 1.165) is 22.0 Å². The summed E-state index contributed by atoms with van der Waals surface area (Å²) in [5.74, 6) is 1.08. The molecule has 0 amide bonds. The summed E-state index contributed by atoms with van der Waals surface area (Å²) in [6, 6.07) is 16.5. The highest BCUT2D eigenvalue weighted by atomic mass is 16.5. The average molecular weight is 281 g/mol. The molecule has 0 saturated heterocycles. The third kappa shape index (κ3) is 2.86. The smallest absolute Gasteiger partial charge is 0.220 e. The Hall–Kier alpha value is -2.43. The molecule has 0 unspecified atom stereocenters. The molecule has 0 radical (unpaired) electrons. The van der Waals surface area contributed by atoms with E-state index in [0.29, 0.717) is 11.6 Å². The van der Waals surface area contributed by atoms with Gasteiger partial charge in [0, 0.05) is 11.5 Å². The molecular weight excluding hydrogens is 266 g/mol. The van der Waals surface area contributed by atoms with E-state index in [-0.39, 0.29) is 13.2 Å². The Morgan fingerprint density at radius 3 is 2.38 bits per heavy atom. The molecule has 4 nitrogen and oxygen atoms in total. The number of pyridine rings is 1. The highest BCUT2D eigenvalue weighted by Crippen LogP contribution is 2.26. The number of aliphatic hydroxyl groups excluding tert-OH is 2. The van der Waals surface area contributed by atoms with E-state index < -0.39 is 0 Å². The molecule has 0 atom stereocenters. The Labute approximate surface area is 122 Å². The molecule has 0 bridgehead atoms. The van der Waals surface area contributed by atoms with Gasteiger partial charge in [0.2, 0.25) is 5.88 Å². The molecule has 21 heavy (non-hydrogen) atoms. The van der Waals surface area contributed by atoms with Crippen molar-refractivity contribution in [3.63, 3.8) is 0 Å². The van der Waals surface area contributed by atoms with E-state index in [9.17, 15) is 5.11 Å². The van der Waals surface area contributed by atoms with Crippen LogP contribution in [0.15, 0.2) is 54.6 Å². The number of para-hydroxylation sites is 1. The molecule has 0 aliphatic rings. The van der Waals surface area contributed by atoms with Crippen LogP contribution in [0, 0.1) is 0 Å². The van der Waals surface area contributed by atoms with Crippen LogP contribution in [0.3, 0.4) is 0 Å². The Balaban J connectivity index is 1.96. The summed E-state index contributed by atoms with van der Waals surface area (Å²) in [5.41, 5.74) is 2.39. The maximum absolute atomic E-state index is 9.48. The van der Waals surface area contributed by atoms with E-state index in [1.807, 2.05) is 24.3 Å². The van der Waals surface area contributed by atoms with Crippen molar-refractivity contribution in [2.24, 2.45) is 0 Å². The van der Waals surface area contributed by atoms with Crippen LogP contribution in [0.25, 0.3) is 10.9 Å². The SMILES string of the molecule is OCc1ccc(Oc2cc(CO)c3ccccc3n2)cc1. The van der Waals surface area contributed by atoms with Gasteiger partial charge in [-0.05, 0) is 29.3 Å². The number of hydrogen-bond donors (Lipinski definition) is 2. The Morgan fingerprint density at radius 2 is 1.67 bits per heavy atom. The standard InChI is InChI=1S/C17H15NO3/c19-10-12-5-7-14(8-6-12)21-17-9-13(11-20)15-3-1-2-4-16(15)18-17/h1-9,19-20H,10-11H2.